The van der Waals surface area contributed by atoms with Gasteiger partial charge in [0.2, 0.25) is 0 Å². The molecule has 0 atom stereocenters. The SMILES string of the molecule is CCCCc1ccc(-n2nncc2CN2CCCNCC2)cc1. The van der Waals surface area contributed by atoms with Gasteiger partial charge in [-0.2, -0.15) is 0 Å². The van der Waals surface area contributed by atoms with Crippen LogP contribution in [0.2, 0.25) is 0 Å². The minimum atomic E-state index is 0.909. The van der Waals surface area contributed by atoms with Crippen LogP contribution in [0.1, 0.15) is 37.4 Å². The van der Waals surface area contributed by atoms with Crippen LogP contribution in [0.4, 0.5) is 0 Å². The molecule has 2 aromatic rings. The average Bonchev–Trinajstić information content (AvgIpc) is 2.88. The summed E-state index contributed by atoms with van der Waals surface area (Å²) in [6.07, 6.45) is 6.73. The maximum absolute atomic E-state index is 4.29. The molecule has 0 unspecified atom stereocenters. The molecule has 1 aliphatic heterocycles. The van der Waals surface area contributed by atoms with E-state index in [0.29, 0.717) is 0 Å². The van der Waals surface area contributed by atoms with Crippen molar-refractivity contribution in [1.29, 1.82) is 0 Å². The van der Waals surface area contributed by atoms with Gasteiger partial charge in [-0.3, -0.25) is 4.90 Å². The van der Waals surface area contributed by atoms with Crippen LogP contribution >= 0.6 is 0 Å². The molecule has 0 amide bonds. The molecule has 1 aromatic heterocycles. The topological polar surface area (TPSA) is 46.0 Å². The Morgan fingerprint density at radius 3 is 2.83 bits per heavy atom. The zero-order valence-electron chi connectivity index (χ0n) is 14.0. The van der Waals surface area contributed by atoms with Gasteiger partial charge in [0, 0.05) is 19.6 Å². The van der Waals surface area contributed by atoms with Crippen LogP contribution in [0.25, 0.3) is 5.69 Å². The lowest BCUT2D eigenvalue weighted by Gasteiger charge is -2.19. The normalized spacial score (nSPS) is 16.4. The summed E-state index contributed by atoms with van der Waals surface area (Å²) in [4.78, 5) is 2.48. The molecule has 3 rings (SSSR count). The van der Waals surface area contributed by atoms with Crippen molar-refractivity contribution in [2.24, 2.45) is 0 Å². The van der Waals surface area contributed by atoms with E-state index < -0.39 is 0 Å². The van der Waals surface area contributed by atoms with Gasteiger partial charge in [0.05, 0.1) is 17.6 Å². The predicted octanol–water partition coefficient (Wildman–Crippen LogP) is 2.41. The molecule has 2 heterocycles. The van der Waals surface area contributed by atoms with Crippen molar-refractivity contribution in [2.75, 3.05) is 26.2 Å². The molecule has 0 aliphatic carbocycles. The molecule has 1 fully saturated rings. The molecule has 1 aliphatic rings. The minimum absolute atomic E-state index is 0.909. The summed E-state index contributed by atoms with van der Waals surface area (Å²) in [7, 11) is 0. The zero-order chi connectivity index (χ0) is 15.9. The van der Waals surface area contributed by atoms with E-state index in [9.17, 15) is 0 Å². The Kier molecular flexibility index (Phi) is 5.77. The second-order valence-corrected chi connectivity index (χ2v) is 6.29. The van der Waals surface area contributed by atoms with Crippen LogP contribution in [0.3, 0.4) is 0 Å². The third-order valence-electron chi connectivity index (χ3n) is 4.44. The van der Waals surface area contributed by atoms with Gasteiger partial charge in [-0.1, -0.05) is 30.7 Å². The van der Waals surface area contributed by atoms with E-state index >= 15 is 0 Å². The van der Waals surface area contributed by atoms with Crippen LogP contribution in [0.15, 0.2) is 30.5 Å². The van der Waals surface area contributed by atoms with E-state index in [1.165, 1.54) is 24.8 Å². The van der Waals surface area contributed by atoms with Gasteiger partial charge >= 0.3 is 0 Å². The second-order valence-electron chi connectivity index (χ2n) is 6.29. The van der Waals surface area contributed by atoms with Gasteiger partial charge < -0.3 is 5.32 Å². The first kappa shape index (κ1) is 16.1. The molecule has 0 saturated carbocycles. The van der Waals surface area contributed by atoms with Gasteiger partial charge in [0.1, 0.15) is 0 Å². The molecular weight excluding hydrogens is 286 g/mol. The van der Waals surface area contributed by atoms with Crippen LogP contribution < -0.4 is 5.32 Å². The minimum Gasteiger partial charge on any atom is -0.315 e. The van der Waals surface area contributed by atoms with E-state index in [1.807, 2.05) is 10.9 Å². The van der Waals surface area contributed by atoms with Gasteiger partial charge in [0.15, 0.2) is 0 Å². The lowest BCUT2D eigenvalue weighted by Crippen LogP contribution is -2.28. The Balaban J connectivity index is 1.69. The Morgan fingerprint density at radius 1 is 1.13 bits per heavy atom. The van der Waals surface area contributed by atoms with E-state index in [-0.39, 0.29) is 0 Å². The van der Waals surface area contributed by atoms with Crippen molar-refractivity contribution in [1.82, 2.24) is 25.2 Å². The number of unbranched alkanes of at least 4 members (excludes halogenated alkanes) is 1. The monoisotopic (exact) mass is 313 g/mol. The molecular formula is C18H27N5. The Bertz CT molecular complexity index is 582. The Hall–Kier alpha value is -1.72. The molecule has 1 N–H and O–H groups in total. The molecule has 23 heavy (non-hydrogen) atoms. The predicted molar refractivity (Wildman–Crippen MR) is 92.7 cm³/mol. The van der Waals surface area contributed by atoms with Crippen molar-refractivity contribution in [3.8, 4) is 5.69 Å². The van der Waals surface area contributed by atoms with Crippen molar-refractivity contribution in [2.45, 2.75) is 39.2 Å². The Morgan fingerprint density at radius 2 is 2.00 bits per heavy atom. The van der Waals surface area contributed by atoms with E-state index in [4.69, 9.17) is 0 Å². The van der Waals surface area contributed by atoms with Crippen molar-refractivity contribution in [3.63, 3.8) is 0 Å². The first-order valence-electron chi connectivity index (χ1n) is 8.79. The zero-order valence-corrected chi connectivity index (χ0v) is 14.0. The fourth-order valence-corrected chi connectivity index (χ4v) is 3.06. The largest absolute Gasteiger partial charge is 0.315 e. The van der Waals surface area contributed by atoms with Crippen LogP contribution in [-0.4, -0.2) is 46.1 Å². The number of aryl methyl sites for hydroxylation is 1. The maximum Gasteiger partial charge on any atom is 0.0786 e. The van der Waals surface area contributed by atoms with Crippen molar-refractivity contribution < 1.29 is 0 Å². The van der Waals surface area contributed by atoms with Crippen molar-refractivity contribution in [3.05, 3.63) is 41.7 Å². The summed E-state index contributed by atoms with van der Waals surface area (Å²) in [6.45, 7) is 7.54. The van der Waals surface area contributed by atoms with Gasteiger partial charge in [-0.25, -0.2) is 4.68 Å². The molecule has 5 heteroatoms. The van der Waals surface area contributed by atoms with E-state index in [1.54, 1.807) is 0 Å². The number of nitrogens with zero attached hydrogens (tertiary/aromatic N) is 4. The lowest BCUT2D eigenvalue weighted by atomic mass is 10.1. The Labute approximate surface area is 138 Å². The second kappa shape index (κ2) is 8.22. The first-order chi connectivity index (χ1) is 11.4. The number of hydrogen-bond donors (Lipinski definition) is 1. The molecule has 0 radical (unpaired) electrons. The van der Waals surface area contributed by atoms with Crippen LogP contribution in [-0.2, 0) is 13.0 Å². The summed E-state index contributed by atoms with van der Waals surface area (Å²) < 4.78 is 1.97. The molecule has 1 aromatic carbocycles. The third kappa shape index (κ3) is 4.39. The smallest absolute Gasteiger partial charge is 0.0786 e. The van der Waals surface area contributed by atoms with Crippen LogP contribution in [0, 0.1) is 0 Å². The maximum atomic E-state index is 4.29. The average molecular weight is 313 g/mol. The van der Waals surface area contributed by atoms with E-state index in [2.05, 4.69) is 51.7 Å². The van der Waals surface area contributed by atoms with Crippen molar-refractivity contribution >= 4 is 0 Å². The highest BCUT2D eigenvalue weighted by atomic mass is 15.4. The van der Waals surface area contributed by atoms with Crippen LogP contribution in [0.5, 0.6) is 0 Å². The lowest BCUT2D eigenvalue weighted by molar-refractivity contribution is 0.278. The van der Waals surface area contributed by atoms with E-state index in [0.717, 1.165) is 50.5 Å². The fourth-order valence-electron chi connectivity index (χ4n) is 3.06. The summed E-state index contributed by atoms with van der Waals surface area (Å²) in [5.74, 6) is 0. The summed E-state index contributed by atoms with van der Waals surface area (Å²) >= 11 is 0. The van der Waals surface area contributed by atoms with Gasteiger partial charge in [0.25, 0.3) is 0 Å². The molecule has 0 bridgehead atoms. The number of aromatic nitrogens is 3. The number of hydrogen-bond acceptors (Lipinski definition) is 4. The highest BCUT2D eigenvalue weighted by molar-refractivity contribution is 5.35. The third-order valence-corrected chi connectivity index (χ3v) is 4.44. The van der Waals surface area contributed by atoms with Gasteiger partial charge in [-0.15, -0.1) is 5.10 Å². The number of rotatable bonds is 6. The van der Waals surface area contributed by atoms with Gasteiger partial charge in [-0.05, 0) is 50.0 Å². The fraction of sp³-hybridized carbons (Fsp3) is 0.556. The summed E-state index contributed by atoms with van der Waals surface area (Å²) in [5, 5.41) is 11.9. The molecule has 1 saturated heterocycles. The standard InChI is InChI=1S/C18H27N5/c1-2-3-5-16-6-8-17(9-7-16)23-18(14-20-21-23)15-22-12-4-10-19-11-13-22/h6-9,14,19H,2-5,10-13,15H2,1H3. The highest BCUT2D eigenvalue weighted by Gasteiger charge is 2.13. The highest BCUT2D eigenvalue weighted by Crippen LogP contribution is 2.14. The molecule has 124 valence electrons. The quantitative estimate of drug-likeness (QED) is 0.889. The number of benzene rings is 1. The summed E-state index contributed by atoms with van der Waals surface area (Å²) in [6, 6.07) is 8.75. The number of nitrogens with one attached hydrogen (secondary N) is 1. The summed E-state index contributed by atoms with van der Waals surface area (Å²) in [5.41, 5.74) is 3.66. The molecule has 5 nitrogen and oxygen atoms in total. The first-order valence-corrected chi connectivity index (χ1v) is 8.79. The molecule has 0 spiro atoms.